The number of fused-ring (bicyclic) bond motifs is 1. The molecule has 0 saturated carbocycles. The summed E-state index contributed by atoms with van der Waals surface area (Å²) in [5.41, 5.74) is 9.24. The Kier molecular flexibility index (Phi) is 11.5. The lowest BCUT2D eigenvalue weighted by molar-refractivity contribution is 0.0775. The number of nitrogens with zero attached hydrogens (tertiary/aromatic N) is 3. The number of hydrogen-bond acceptors (Lipinski definition) is 9. The van der Waals surface area contributed by atoms with E-state index in [1.54, 1.807) is 43.3 Å². The number of anilines is 2. The van der Waals surface area contributed by atoms with Crippen LogP contribution in [0, 0.1) is 12.8 Å². The SMILES string of the molecule is Cc1c(N)cccc1C(=O)N[C@@H](Cc1ccccc1)[C@H](O)CN(CC(C)C)S(=O)(=O)c1ccc2nc(NCCN3CCCC3)sc2c1. The molecule has 1 aromatic heterocycles. The van der Waals surface area contributed by atoms with Crippen LogP contribution in [-0.4, -0.2) is 85.0 Å². The molecule has 10 nitrogen and oxygen atoms in total. The van der Waals surface area contributed by atoms with Gasteiger partial charge < -0.3 is 26.4 Å². The van der Waals surface area contributed by atoms with Crippen molar-refractivity contribution in [3.05, 3.63) is 83.4 Å². The van der Waals surface area contributed by atoms with Crippen LogP contribution in [0.2, 0.25) is 0 Å². The Morgan fingerprint density at radius 2 is 1.81 bits per heavy atom. The maximum absolute atomic E-state index is 14.2. The highest BCUT2D eigenvalue weighted by atomic mass is 32.2. The van der Waals surface area contributed by atoms with E-state index in [-0.39, 0.29) is 29.8 Å². The summed E-state index contributed by atoms with van der Waals surface area (Å²) in [6.45, 7) is 9.65. The second-order valence-electron chi connectivity index (χ2n) is 12.7. The first kappa shape index (κ1) is 34.8. The van der Waals surface area contributed by atoms with Gasteiger partial charge in [-0.15, -0.1) is 0 Å². The van der Waals surface area contributed by atoms with Gasteiger partial charge in [-0.3, -0.25) is 4.79 Å². The fraction of sp³-hybridized carbons (Fsp3) is 0.429. The molecule has 3 aromatic carbocycles. The first-order chi connectivity index (χ1) is 22.5. The van der Waals surface area contributed by atoms with Crippen molar-refractivity contribution in [2.24, 2.45) is 5.92 Å². The molecule has 1 aliphatic heterocycles. The summed E-state index contributed by atoms with van der Waals surface area (Å²) in [5.74, 6) is -0.388. The average Bonchev–Trinajstić information content (AvgIpc) is 3.71. The highest BCUT2D eigenvalue weighted by Gasteiger charge is 2.32. The lowest BCUT2D eigenvalue weighted by atomic mass is 9.99. The Balaban J connectivity index is 1.36. The van der Waals surface area contributed by atoms with Crippen LogP contribution in [0.3, 0.4) is 0 Å². The molecule has 1 saturated heterocycles. The second-order valence-corrected chi connectivity index (χ2v) is 15.7. The van der Waals surface area contributed by atoms with Crippen LogP contribution < -0.4 is 16.4 Å². The lowest BCUT2D eigenvalue weighted by Crippen LogP contribution is -2.51. The van der Waals surface area contributed by atoms with Crippen LogP contribution in [0.15, 0.2) is 71.6 Å². The van der Waals surface area contributed by atoms with Crippen molar-refractivity contribution in [3.8, 4) is 0 Å². The van der Waals surface area contributed by atoms with Crippen molar-refractivity contribution in [3.63, 3.8) is 0 Å². The molecule has 5 rings (SSSR count). The molecule has 4 aromatic rings. The van der Waals surface area contributed by atoms with Crippen LogP contribution in [0.4, 0.5) is 10.8 Å². The smallest absolute Gasteiger partial charge is 0.251 e. The molecule has 1 fully saturated rings. The van der Waals surface area contributed by atoms with Crippen molar-refractivity contribution >= 4 is 48.3 Å². The number of rotatable bonds is 15. The molecule has 2 atom stereocenters. The minimum absolute atomic E-state index is 0.00683. The number of nitrogens with one attached hydrogen (secondary N) is 2. The number of nitrogen functional groups attached to an aromatic ring is 1. The number of likely N-dealkylation sites (tertiary alicyclic amines) is 1. The molecule has 2 heterocycles. The van der Waals surface area contributed by atoms with E-state index in [1.807, 2.05) is 44.2 Å². The summed E-state index contributed by atoms with van der Waals surface area (Å²) in [6, 6.07) is 18.9. The Morgan fingerprint density at radius 3 is 2.53 bits per heavy atom. The summed E-state index contributed by atoms with van der Waals surface area (Å²) in [4.78, 5) is 20.7. The number of amides is 1. The molecule has 0 bridgehead atoms. The van der Waals surface area contributed by atoms with Gasteiger partial charge >= 0.3 is 0 Å². The number of thiazole rings is 1. The zero-order valence-electron chi connectivity index (χ0n) is 27.4. The quantitative estimate of drug-likeness (QED) is 0.132. The van der Waals surface area contributed by atoms with Crippen LogP contribution in [0.25, 0.3) is 10.2 Å². The van der Waals surface area contributed by atoms with Gasteiger partial charge in [0.2, 0.25) is 10.0 Å². The number of aliphatic hydroxyl groups excluding tert-OH is 1. The van der Waals surface area contributed by atoms with Gasteiger partial charge in [0.25, 0.3) is 5.91 Å². The summed E-state index contributed by atoms with van der Waals surface area (Å²) in [6.07, 6.45) is 1.60. The first-order valence-electron chi connectivity index (χ1n) is 16.3. The Labute approximate surface area is 282 Å². The van der Waals surface area contributed by atoms with Crippen molar-refractivity contribution in [1.29, 1.82) is 0 Å². The third-order valence-electron chi connectivity index (χ3n) is 8.56. The number of nitrogens with two attached hydrogens (primary N) is 1. The average molecular weight is 679 g/mol. The number of aromatic nitrogens is 1. The molecule has 0 unspecified atom stereocenters. The fourth-order valence-corrected chi connectivity index (χ4v) is 8.58. The number of aliphatic hydroxyl groups is 1. The van der Waals surface area contributed by atoms with E-state index >= 15 is 0 Å². The molecule has 252 valence electrons. The van der Waals surface area contributed by atoms with Crippen LogP contribution in [0.5, 0.6) is 0 Å². The second kappa shape index (κ2) is 15.6. The molecular formula is C35H46N6O4S2. The van der Waals surface area contributed by atoms with E-state index in [2.05, 4.69) is 20.5 Å². The van der Waals surface area contributed by atoms with Crippen molar-refractivity contribution in [1.82, 2.24) is 19.5 Å². The third-order valence-corrected chi connectivity index (χ3v) is 11.4. The van der Waals surface area contributed by atoms with Gasteiger partial charge in [-0.2, -0.15) is 4.31 Å². The predicted octanol–water partition coefficient (Wildman–Crippen LogP) is 4.74. The van der Waals surface area contributed by atoms with Crippen LogP contribution in [-0.2, 0) is 16.4 Å². The minimum atomic E-state index is -4.00. The molecular weight excluding hydrogens is 633 g/mol. The van der Waals surface area contributed by atoms with Gasteiger partial charge in [-0.05, 0) is 86.7 Å². The molecule has 1 amide bonds. The summed E-state index contributed by atoms with van der Waals surface area (Å²) in [7, 11) is -4.00. The van der Waals surface area contributed by atoms with Crippen LogP contribution in [0.1, 0.15) is 48.2 Å². The van der Waals surface area contributed by atoms with E-state index in [0.717, 1.165) is 47.1 Å². The molecule has 47 heavy (non-hydrogen) atoms. The third kappa shape index (κ3) is 8.88. The predicted molar refractivity (Wildman–Crippen MR) is 190 cm³/mol. The number of carbonyl (C=O) groups excluding carboxylic acids is 1. The maximum Gasteiger partial charge on any atom is 0.251 e. The number of carbonyl (C=O) groups is 1. The molecule has 0 radical (unpaired) electrons. The van der Waals surface area contributed by atoms with E-state index in [1.165, 1.54) is 28.5 Å². The normalized spacial score (nSPS) is 15.4. The number of benzene rings is 3. The molecule has 5 N–H and O–H groups in total. The topological polar surface area (TPSA) is 141 Å². The minimum Gasteiger partial charge on any atom is -0.398 e. The van der Waals surface area contributed by atoms with E-state index in [9.17, 15) is 18.3 Å². The standard InChI is InChI=1S/C35H46N6O4S2/c1-24(2)22-41(47(44,45)27-14-15-30-33(21-27)46-35(39-30)37-16-19-40-17-7-8-18-40)23-32(42)31(20-26-10-5-4-6-11-26)38-34(43)28-12-9-13-29(36)25(28)3/h4-6,9-15,21,24,31-32,42H,7-8,16-20,22-23,36H2,1-3H3,(H,37,39)(H,38,43)/t31-,32+/m0/s1. The van der Waals surface area contributed by atoms with E-state index < -0.39 is 22.2 Å². The van der Waals surface area contributed by atoms with Gasteiger partial charge in [-0.1, -0.05) is 61.6 Å². The van der Waals surface area contributed by atoms with Crippen molar-refractivity contribution < 1.29 is 18.3 Å². The van der Waals surface area contributed by atoms with Crippen LogP contribution >= 0.6 is 11.3 Å². The molecule has 0 aliphatic carbocycles. The molecule has 1 aliphatic rings. The highest BCUT2D eigenvalue weighted by Crippen LogP contribution is 2.30. The van der Waals surface area contributed by atoms with Crippen molar-refractivity contribution in [2.75, 3.05) is 50.3 Å². The van der Waals surface area contributed by atoms with Gasteiger partial charge in [0.15, 0.2) is 5.13 Å². The summed E-state index contributed by atoms with van der Waals surface area (Å²) >= 11 is 1.43. The maximum atomic E-state index is 14.2. The largest absolute Gasteiger partial charge is 0.398 e. The number of sulfonamides is 1. The molecule has 12 heteroatoms. The first-order valence-corrected chi connectivity index (χ1v) is 18.5. The summed E-state index contributed by atoms with van der Waals surface area (Å²) < 4.78 is 30.4. The Hall–Kier alpha value is -3.55. The highest BCUT2D eigenvalue weighted by molar-refractivity contribution is 7.89. The summed E-state index contributed by atoms with van der Waals surface area (Å²) in [5, 5.41) is 18.8. The monoisotopic (exact) mass is 678 g/mol. The Morgan fingerprint density at radius 1 is 1.06 bits per heavy atom. The Bertz CT molecular complexity index is 1760. The molecule has 0 spiro atoms. The zero-order chi connectivity index (χ0) is 33.6. The fourth-order valence-electron chi connectivity index (χ4n) is 5.93. The lowest BCUT2D eigenvalue weighted by Gasteiger charge is -2.31. The number of hydrogen-bond donors (Lipinski definition) is 4. The van der Waals surface area contributed by atoms with Gasteiger partial charge in [-0.25, -0.2) is 13.4 Å². The van der Waals surface area contributed by atoms with E-state index in [0.29, 0.717) is 23.2 Å². The van der Waals surface area contributed by atoms with E-state index in [4.69, 9.17) is 5.73 Å². The zero-order valence-corrected chi connectivity index (χ0v) is 29.0. The van der Waals surface area contributed by atoms with Gasteiger partial charge in [0.1, 0.15) is 0 Å². The van der Waals surface area contributed by atoms with Gasteiger partial charge in [0, 0.05) is 37.4 Å². The van der Waals surface area contributed by atoms with Gasteiger partial charge in [0.05, 0.1) is 27.3 Å². The van der Waals surface area contributed by atoms with Crippen molar-refractivity contribution in [2.45, 2.75) is 57.1 Å².